The van der Waals surface area contributed by atoms with Gasteiger partial charge in [-0.2, -0.15) is 0 Å². The van der Waals surface area contributed by atoms with Gasteiger partial charge in [0.1, 0.15) is 11.3 Å². The minimum absolute atomic E-state index is 0.0130. The highest BCUT2D eigenvalue weighted by molar-refractivity contribution is 6.00. The summed E-state index contributed by atoms with van der Waals surface area (Å²) in [7, 11) is 7.39. The van der Waals surface area contributed by atoms with Crippen molar-refractivity contribution >= 4 is 33.8 Å². The first-order valence-corrected chi connectivity index (χ1v) is 16.2. The molecule has 1 aliphatic heterocycles. The van der Waals surface area contributed by atoms with Gasteiger partial charge in [-0.3, -0.25) is 9.59 Å². The highest BCUT2D eigenvalue weighted by Crippen LogP contribution is 2.47. The zero-order valence-corrected chi connectivity index (χ0v) is 26.1. The number of rotatable bonds is 7. The summed E-state index contributed by atoms with van der Waals surface area (Å²) in [4.78, 5) is 35.2. The maximum absolute atomic E-state index is 13.7. The average Bonchev–Trinajstić information content (AvgIpc) is 3.38. The van der Waals surface area contributed by atoms with Gasteiger partial charge in [-0.15, -0.1) is 0 Å². The Balaban J connectivity index is 1.21. The minimum atomic E-state index is 0.0130. The van der Waals surface area contributed by atoms with Gasteiger partial charge in [-0.05, 0) is 80.0 Å². The number of piperidine rings is 1. The number of fused-ring (bicyclic) bond motifs is 4. The molecule has 4 aromatic rings. The molecule has 9 heteroatoms. The second-order valence-electron chi connectivity index (χ2n) is 13.9. The van der Waals surface area contributed by atoms with E-state index in [1.165, 1.54) is 29.3 Å². The first-order valence-electron chi connectivity index (χ1n) is 16.2. The van der Waals surface area contributed by atoms with Crippen molar-refractivity contribution in [3.63, 3.8) is 0 Å². The summed E-state index contributed by atoms with van der Waals surface area (Å²) in [5.74, 6) is 3.29. The zero-order valence-electron chi connectivity index (χ0n) is 26.1. The third kappa shape index (κ3) is 4.19. The summed E-state index contributed by atoms with van der Waals surface area (Å²) >= 11 is 0. The predicted octanol–water partition coefficient (Wildman–Crippen LogP) is 4.76. The Labute approximate surface area is 257 Å². The number of hydrogen-bond donors (Lipinski definition) is 1. The van der Waals surface area contributed by atoms with Crippen LogP contribution in [0, 0.1) is 17.8 Å². The number of ether oxygens (including phenoxy) is 1. The van der Waals surface area contributed by atoms with E-state index < -0.39 is 0 Å². The monoisotopic (exact) mass is 594 g/mol. The first kappa shape index (κ1) is 27.7. The van der Waals surface area contributed by atoms with Crippen LogP contribution in [0.4, 0.5) is 0 Å². The standard InChI is InChI=1S/C35H42N6O3/c1-38(2)34(42)23-12-22(13-23)25-7-5-6-20-15-28(40(31(20)25)17-19-8-9-19)33-37-26-14-24(16-29(44-4)32(26)39(33)3)35(43)41-18-21-10-11-27(41)30(21)36/h5-7,14-16,19,21-23,27,30H,8-13,17-18,36H2,1-4H3/t21-,22?,23?,27-,30-/m1/s1. The molecule has 0 spiro atoms. The number of amides is 2. The summed E-state index contributed by atoms with van der Waals surface area (Å²) < 4.78 is 10.5. The lowest BCUT2D eigenvalue weighted by atomic mass is 9.70. The molecule has 2 amide bonds. The minimum Gasteiger partial charge on any atom is -0.494 e. The molecular formula is C35H42N6O3. The fourth-order valence-corrected chi connectivity index (χ4v) is 8.32. The van der Waals surface area contributed by atoms with Crippen LogP contribution in [-0.4, -0.2) is 75.6 Å². The SMILES string of the molecule is COc1cc(C(=O)N2C[C@H]3CC[C@@H]2[C@@H]3N)cc2nc(-c3cc4cccc(C5CC(C(=O)N(C)C)C5)c4n3CC3CC3)n(C)c12. The summed E-state index contributed by atoms with van der Waals surface area (Å²) in [6.45, 7) is 1.68. The highest BCUT2D eigenvalue weighted by atomic mass is 16.5. The molecule has 8 rings (SSSR count). The lowest BCUT2D eigenvalue weighted by Crippen LogP contribution is -2.41. The molecule has 2 bridgehead atoms. The maximum atomic E-state index is 13.7. The number of methoxy groups -OCH3 is 1. The molecule has 230 valence electrons. The largest absolute Gasteiger partial charge is 0.494 e. The molecule has 44 heavy (non-hydrogen) atoms. The van der Waals surface area contributed by atoms with Crippen molar-refractivity contribution in [3.05, 3.63) is 47.5 Å². The number of hydrogen-bond acceptors (Lipinski definition) is 5. The van der Waals surface area contributed by atoms with E-state index in [1.807, 2.05) is 38.2 Å². The molecule has 3 aliphatic carbocycles. The lowest BCUT2D eigenvalue weighted by Gasteiger charge is -2.36. The average molecular weight is 595 g/mol. The molecule has 0 radical (unpaired) electrons. The molecule has 2 aromatic carbocycles. The Kier molecular flexibility index (Phi) is 6.35. The van der Waals surface area contributed by atoms with Crippen LogP contribution in [0.2, 0.25) is 0 Å². The van der Waals surface area contributed by atoms with Crippen molar-refractivity contribution in [2.24, 2.45) is 30.5 Å². The summed E-state index contributed by atoms with van der Waals surface area (Å²) in [5, 5.41) is 1.20. The summed E-state index contributed by atoms with van der Waals surface area (Å²) in [6, 6.07) is 12.9. The van der Waals surface area contributed by atoms with Crippen molar-refractivity contribution in [1.29, 1.82) is 0 Å². The zero-order chi connectivity index (χ0) is 30.4. The van der Waals surface area contributed by atoms with Crippen molar-refractivity contribution < 1.29 is 14.3 Å². The Morgan fingerprint density at radius 1 is 1.07 bits per heavy atom. The maximum Gasteiger partial charge on any atom is 0.254 e. The highest BCUT2D eigenvalue weighted by Gasteiger charge is 2.47. The van der Waals surface area contributed by atoms with Gasteiger partial charge in [0.15, 0.2) is 5.82 Å². The van der Waals surface area contributed by atoms with E-state index >= 15 is 0 Å². The molecule has 3 saturated carbocycles. The number of nitrogens with two attached hydrogens (primary N) is 1. The van der Waals surface area contributed by atoms with Gasteiger partial charge >= 0.3 is 0 Å². The van der Waals surface area contributed by atoms with Crippen LogP contribution in [0.3, 0.4) is 0 Å². The molecule has 3 atom stereocenters. The van der Waals surface area contributed by atoms with E-state index in [2.05, 4.69) is 33.4 Å². The molecule has 0 unspecified atom stereocenters. The van der Waals surface area contributed by atoms with Gasteiger partial charge in [0.2, 0.25) is 5.91 Å². The third-order valence-corrected chi connectivity index (χ3v) is 11.0. The Hall–Kier alpha value is -3.85. The Morgan fingerprint density at radius 3 is 2.52 bits per heavy atom. The quantitative estimate of drug-likeness (QED) is 0.333. The van der Waals surface area contributed by atoms with E-state index in [0.717, 1.165) is 61.3 Å². The van der Waals surface area contributed by atoms with Crippen molar-refractivity contribution in [2.45, 2.75) is 63.1 Å². The lowest BCUT2D eigenvalue weighted by molar-refractivity contribution is -0.136. The molecule has 1 saturated heterocycles. The molecular weight excluding hydrogens is 552 g/mol. The third-order valence-electron chi connectivity index (χ3n) is 11.0. The normalized spacial score (nSPS) is 26.0. The second-order valence-corrected chi connectivity index (χ2v) is 13.9. The van der Waals surface area contributed by atoms with Crippen LogP contribution in [-0.2, 0) is 18.4 Å². The number of nitrogens with zero attached hydrogens (tertiary/aromatic N) is 5. The van der Waals surface area contributed by atoms with Gasteiger partial charge < -0.3 is 29.4 Å². The summed E-state index contributed by atoms with van der Waals surface area (Å²) in [6.07, 6.45) is 6.36. The number of carbonyl (C=O) groups is 2. The van der Waals surface area contributed by atoms with Gasteiger partial charge in [-0.25, -0.2) is 4.98 Å². The van der Waals surface area contributed by atoms with Crippen LogP contribution in [0.5, 0.6) is 5.75 Å². The van der Waals surface area contributed by atoms with E-state index in [1.54, 1.807) is 12.0 Å². The van der Waals surface area contributed by atoms with Crippen molar-refractivity contribution in [3.8, 4) is 17.3 Å². The van der Waals surface area contributed by atoms with Crippen LogP contribution in [0.15, 0.2) is 36.4 Å². The van der Waals surface area contributed by atoms with Crippen LogP contribution >= 0.6 is 0 Å². The molecule has 9 nitrogen and oxygen atoms in total. The fourth-order valence-electron chi connectivity index (χ4n) is 8.32. The van der Waals surface area contributed by atoms with Crippen LogP contribution < -0.4 is 10.5 Å². The smallest absolute Gasteiger partial charge is 0.254 e. The van der Waals surface area contributed by atoms with E-state index in [4.69, 9.17) is 15.5 Å². The van der Waals surface area contributed by atoms with Crippen molar-refractivity contribution in [1.82, 2.24) is 23.9 Å². The second kappa shape index (κ2) is 10.1. The predicted molar refractivity (Wildman–Crippen MR) is 171 cm³/mol. The molecule has 2 aromatic heterocycles. The molecule has 4 fully saturated rings. The number of aromatic nitrogens is 3. The fraction of sp³-hybridized carbons (Fsp3) is 0.514. The number of likely N-dealkylation sites (tertiary alicyclic amines) is 1. The van der Waals surface area contributed by atoms with Crippen LogP contribution in [0.1, 0.15) is 60.4 Å². The van der Waals surface area contributed by atoms with Gasteiger partial charge in [0, 0.05) is 63.2 Å². The number of aryl methyl sites for hydroxylation is 1. The van der Waals surface area contributed by atoms with E-state index in [9.17, 15) is 9.59 Å². The number of imidazole rings is 1. The number of para-hydroxylation sites is 1. The van der Waals surface area contributed by atoms with Crippen LogP contribution in [0.25, 0.3) is 33.5 Å². The summed E-state index contributed by atoms with van der Waals surface area (Å²) in [5.41, 5.74) is 12.4. The van der Waals surface area contributed by atoms with Gasteiger partial charge in [-0.1, -0.05) is 18.2 Å². The number of carbonyl (C=O) groups excluding carboxylic acids is 2. The first-order chi connectivity index (χ1) is 21.2. The Bertz CT molecular complexity index is 1810. The molecule has 3 heterocycles. The topological polar surface area (TPSA) is 98.6 Å². The van der Waals surface area contributed by atoms with Crippen molar-refractivity contribution in [2.75, 3.05) is 27.7 Å². The van der Waals surface area contributed by atoms with E-state index in [-0.39, 0.29) is 29.8 Å². The van der Waals surface area contributed by atoms with Gasteiger partial charge in [0.05, 0.1) is 23.8 Å². The van der Waals surface area contributed by atoms with Gasteiger partial charge in [0.25, 0.3) is 5.91 Å². The Morgan fingerprint density at radius 2 is 1.86 bits per heavy atom. The number of benzene rings is 2. The van der Waals surface area contributed by atoms with E-state index in [0.29, 0.717) is 29.1 Å². The molecule has 4 aliphatic rings. The molecule has 2 N–H and O–H groups in total.